The standard InChI is InChI=1S/C16H18F3N3O3S2/c1-14(2,3)25-13(24)22-10-8(4-20)9-11(26-10)27(12(23)16(17,18)19)7-15(9)5-21-6-15/h21,27H,5-7H2,1-3H3,(H,22,24). The summed E-state index contributed by atoms with van der Waals surface area (Å²) in [4.78, 5) is 24.0. The number of nitriles is 1. The van der Waals surface area contributed by atoms with Crippen molar-refractivity contribution in [3.05, 3.63) is 11.1 Å². The quantitative estimate of drug-likeness (QED) is 0.606. The van der Waals surface area contributed by atoms with Gasteiger partial charge in [0, 0.05) is 24.1 Å². The summed E-state index contributed by atoms with van der Waals surface area (Å²) >= 11 is 0.877. The molecule has 1 fully saturated rings. The zero-order valence-corrected chi connectivity index (χ0v) is 16.5. The molecule has 1 saturated heterocycles. The second-order valence-electron chi connectivity index (χ2n) is 7.50. The highest BCUT2D eigenvalue weighted by Crippen LogP contribution is 2.62. The van der Waals surface area contributed by atoms with Crippen molar-refractivity contribution in [2.45, 2.75) is 42.2 Å². The highest BCUT2D eigenvalue weighted by molar-refractivity contribution is 8.31. The van der Waals surface area contributed by atoms with E-state index in [1.807, 2.05) is 6.07 Å². The van der Waals surface area contributed by atoms with Gasteiger partial charge in [-0.25, -0.2) is 4.79 Å². The molecule has 0 saturated carbocycles. The van der Waals surface area contributed by atoms with Crippen molar-refractivity contribution >= 4 is 38.4 Å². The van der Waals surface area contributed by atoms with E-state index in [2.05, 4.69) is 10.6 Å². The molecule has 3 heterocycles. The number of halogens is 3. The minimum atomic E-state index is -4.93. The highest BCUT2D eigenvalue weighted by atomic mass is 32.2. The molecule has 0 radical (unpaired) electrons. The summed E-state index contributed by atoms with van der Waals surface area (Å²) in [5, 5.41) is 13.5. The van der Waals surface area contributed by atoms with E-state index in [9.17, 15) is 28.0 Å². The van der Waals surface area contributed by atoms with Crippen molar-refractivity contribution in [3.8, 4) is 6.07 Å². The SMILES string of the molecule is CC(C)(C)OC(=O)Nc1sc2c(c1C#N)C1(CNC1)C[SH]2C(=O)C(F)(F)F. The van der Waals surface area contributed by atoms with Gasteiger partial charge in [0.15, 0.2) is 0 Å². The molecule has 148 valence electrons. The number of hydrogen-bond acceptors (Lipinski definition) is 6. The summed E-state index contributed by atoms with van der Waals surface area (Å²) in [6.45, 7) is 5.82. The molecular weight excluding hydrogens is 403 g/mol. The number of rotatable bonds is 1. The Hall–Kier alpha value is -1.77. The number of fused-ring (bicyclic) bond motifs is 2. The number of carbonyl (C=O) groups excluding carboxylic acids is 2. The Balaban J connectivity index is 2.01. The first kappa shape index (κ1) is 20.0. The van der Waals surface area contributed by atoms with Gasteiger partial charge < -0.3 is 10.1 Å². The van der Waals surface area contributed by atoms with E-state index in [4.69, 9.17) is 4.74 Å². The lowest BCUT2D eigenvalue weighted by atomic mass is 9.77. The molecule has 0 bridgehead atoms. The third-order valence-electron chi connectivity index (χ3n) is 4.27. The lowest BCUT2D eigenvalue weighted by Crippen LogP contribution is -2.57. The van der Waals surface area contributed by atoms with Gasteiger partial charge in [-0.3, -0.25) is 10.1 Å². The fraction of sp³-hybridized carbons (Fsp3) is 0.562. The molecule has 1 amide bonds. The predicted molar refractivity (Wildman–Crippen MR) is 96.6 cm³/mol. The largest absolute Gasteiger partial charge is 0.459 e. The molecule has 2 aliphatic rings. The third kappa shape index (κ3) is 3.53. The van der Waals surface area contributed by atoms with E-state index in [0.717, 1.165) is 11.3 Å². The molecule has 2 aliphatic heterocycles. The Labute approximate surface area is 160 Å². The summed E-state index contributed by atoms with van der Waals surface area (Å²) in [5.74, 6) is 0.0796. The average Bonchev–Trinajstić information content (AvgIpc) is 2.97. The fourth-order valence-electron chi connectivity index (χ4n) is 3.18. The van der Waals surface area contributed by atoms with Crippen molar-refractivity contribution < 1.29 is 27.5 Å². The Morgan fingerprint density at radius 3 is 2.41 bits per heavy atom. The van der Waals surface area contributed by atoms with Crippen LogP contribution in [0.3, 0.4) is 0 Å². The van der Waals surface area contributed by atoms with E-state index in [0.29, 0.717) is 18.7 Å². The number of thiophene rings is 1. The number of carbonyl (C=O) groups is 2. The third-order valence-corrected chi connectivity index (χ3v) is 8.49. The van der Waals surface area contributed by atoms with Crippen LogP contribution >= 0.6 is 22.2 Å². The van der Waals surface area contributed by atoms with Crippen LogP contribution in [0.5, 0.6) is 0 Å². The molecule has 1 aromatic rings. The smallest absolute Gasteiger partial charge is 0.444 e. The Morgan fingerprint density at radius 1 is 1.33 bits per heavy atom. The Kier molecular flexibility index (Phi) is 4.73. The fourth-order valence-corrected chi connectivity index (χ4v) is 7.72. The van der Waals surface area contributed by atoms with Crippen LogP contribution in [0.1, 0.15) is 31.9 Å². The van der Waals surface area contributed by atoms with Crippen LogP contribution in [-0.4, -0.2) is 41.8 Å². The van der Waals surface area contributed by atoms with Gasteiger partial charge in [-0.1, -0.05) is 0 Å². The van der Waals surface area contributed by atoms with Crippen LogP contribution in [0.25, 0.3) is 0 Å². The van der Waals surface area contributed by atoms with E-state index in [-0.39, 0.29) is 20.5 Å². The average molecular weight is 421 g/mol. The van der Waals surface area contributed by atoms with Crippen molar-refractivity contribution in [1.82, 2.24) is 5.32 Å². The van der Waals surface area contributed by atoms with Crippen LogP contribution in [0, 0.1) is 11.3 Å². The molecular formula is C16H18F3N3O3S2. The van der Waals surface area contributed by atoms with Crippen LogP contribution in [0.4, 0.5) is 23.0 Å². The van der Waals surface area contributed by atoms with Crippen LogP contribution in [-0.2, 0) is 14.9 Å². The second-order valence-corrected chi connectivity index (χ2v) is 10.8. The Bertz CT molecular complexity index is 848. The topological polar surface area (TPSA) is 91.2 Å². The number of thiol groups is 1. The normalized spacial score (nSPS) is 21.9. The van der Waals surface area contributed by atoms with Gasteiger partial charge in [0.2, 0.25) is 0 Å². The van der Waals surface area contributed by atoms with Gasteiger partial charge in [0.05, 0.1) is 9.77 Å². The molecule has 1 unspecified atom stereocenters. The number of ether oxygens (including phenoxy) is 1. The van der Waals surface area contributed by atoms with E-state index in [1.165, 1.54) is 0 Å². The number of nitrogens with zero attached hydrogens (tertiary/aromatic N) is 1. The van der Waals surface area contributed by atoms with Crippen LogP contribution < -0.4 is 10.6 Å². The van der Waals surface area contributed by atoms with E-state index >= 15 is 0 Å². The van der Waals surface area contributed by atoms with Gasteiger partial charge >= 0.3 is 12.3 Å². The van der Waals surface area contributed by atoms with Crippen LogP contribution in [0.2, 0.25) is 0 Å². The minimum Gasteiger partial charge on any atom is -0.444 e. The number of amides is 1. The number of anilines is 1. The maximum absolute atomic E-state index is 13.1. The van der Waals surface area contributed by atoms with Crippen LogP contribution in [0.15, 0.2) is 4.21 Å². The number of nitrogens with one attached hydrogen (secondary N) is 2. The summed E-state index contributed by atoms with van der Waals surface area (Å²) in [6, 6.07) is 2.00. The predicted octanol–water partition coefficient (Wildman–Crippen LogP) is 3.27. The summed E-state index contributed by atoms with van der Waals surface area (Å²) in [5.41, 5.74) is -0.822. The second kappa shape index (κ2) is 6.39. The first-order chi connectivity index (χ1) is 12.4. The molecule has 11 heteroatoms. The first-order valence-electron chi connectivity index (χ1n) is 8.05. The van der Waals surface area contributed by atoms with Gasteiger partial charge in [0.25, 0.3) is 5.12 Å². The van der Waals surface area contributed by atoms with Crippen molar-refractivity contribution in [2.24, 2.45) is 0 Å². The van der Waals surface area contributed by atoms with E-state index in [1.54, 1.807) is 20.8 Å². The maximum atomic E-state index is 13.1. The van der Waals surface area contributed by atoms with Gasteiger partial charge in [0.1, 0.15) is 16.7 Å². The summed E-state index contributed by atoms with van der Waals surface area (Å²) in [7, 11) is -2.13. The molecule has 1 atom stereocenters. The molecule has 6 nitrogen and oxygen atoms in total. The van der Waals surface area contributed by atoms with E-state index < -0.39 is 39.3 Å². The first-order valence-corrected chi connectivity index (χ1v) is 10.4. The lowest BCUT2D eigenvalue weighted by molar-refractivity contribution is -0.160. The summed E-state index contributed by atoms with van der Waals surface area (Å²) in [6.07, 6.45) is -5.73. The zero-order chi connectivity index (χ0) is 20.2. The van der Waals surface area contributed by atoms with Crippen molar-refractivity contribution in [3.63, 3.8) is 0 Å². The van der Waals surface area contributed by atoms with Gasteiger partial charge in [-0.05, 0) is 26.5 Å². The molecule has 1 aromatic heterocycles. The van der Waals surface area contributed by atoms with Gasteiger partial charge in [-0.2, -0.15) is 18.4 Å². The highest BCUT2D eigenvalue weighted by Gasteiger charge is 2.56. The molecule has 27 heavy (non-hydrogen) atoms. The summed E-state index contributed by atoms with van der Waals surface area (Å²) < 4.78 is 44.6. The molecule has 0 aliphatic carbocycles. The van der Waals surface area contributed by atoms with Gasteiger partial charge in [-0.15, -0.1) is 22.2 Å². The zero-order valence-electron chi connectivity index (χ0n) is 14.8. The lowest BCUT2D eigenvalue weighted by Gasteiger charge is -2.40. The molecule has 0 aromatic carbocycles. The molecule has 2 N–H and O–H groups in total. The van der Waals surface area contributed by atoms with Crippen molar-refractivity contribution in [1.29, 1.82) is 5.26 Å². The Morgan fingerprint density at radius 2 is 1.96 bits per heavy atom. The van der Waals surface area contributed by atoms with Crippen molar-refractivity contribution in [2.75, 3.05) is 24.2 Å². The minimum absolute atomic E-state index is 0.0796. The maximum Gasteiger partial charge on any atom is 0.459 e. The monoisotopic (exact) mass is 421 g/mol. The number of hydrogen-bond donors (Lipinski definition) is 3. The molecule has 3 rings (SSSR count). The molecule has 1 spiro atoms. The number of alkyl halides is 3.